The Hall–Kier alpha value is -4.02. The van der Waals surface area contributed by atoms with Gasteiger partial charge in [-0.25, -0.2) is 8.78 Å². The van der Waals surface area contributed by atoms with Crippen LogP contribution in [0.1, 0.15) is 40.5 Å². The third-order valence-electron chi connectivity index (χ3n) is 8.80. The average molecular weight is 604 g/mol. The molecule has 0 bridgehead atoms. The molecule has 6 rings (SSSR count). The predicted octanol–water partition coefficient (Wildman–Crippen LogP) is 4.16. The molecule has 3 aromatic rings. The summed E-state index contributed by atoms with van der Waals surface area (Å²) in [5.41, 5.74) is 3.04. The van der Waals surface area contributed by atoms with Crippen LogP contribution in [0.25, 0.3) is 11.1 Å². The lowest BCUT2D eigenvalue weighted by Crippen LogP contribution is -2.56. The number of piperazine rings is 2. The van der Waals surface area contributed by atoms with Crippen molar-refractivity contribution >= 4 is 17.5 Å². The van der Waals surface area contributed by atoms with Crippen LogP contribution >= 0.6 is 0 Å². The van der Waals surface area contributed by atoms with E-state index in [4.69, 9.17) is 4.74 Å². The topological polar surface area (TPSA) is 77.2 Å². The summed E-state index contributed by atoms with van der Waals surface area (Å²) in [5, 5.41) is 6.59. The molecule has 232 valence electrons. The van der Waals surface area contributed by atoms with Crippen molar-refractivity contribution in [3.8, 4) is 16.9 Å². The Morgan fingerprint density at radius 3 is 2.36 bits per heavy atom. The number of ether oxygens (including phenoxy) is 1. The van der Waals surface area contributed by atoms with Crippen molar-refractivity contribution in [2.24, 2.45) is 0 Å². The number of nitrogens with zero attached hydrogens (tertiary/aromatic N) is 3. The molecule has 10 heteroatoms. The highest BCUT2D eigenvalue weighted by Gasteiger charge is 2.33. The van der Waals surface area contributed by atoms with Gasteiger partial charge in [0, 0.05) is 80.8 Å². The smallest absolute Gasteiger partial charge is 0.254 e. The van der Waals surface area contributed by atoms with Crippen LogP contribution in [0, 0.1) is 11.6 Å². The van der Waals surface area contributed by atoms with E-state index >= 15 is 0 Å². The lowest BCUT2D eigenvalue weighted by atomic mass is 9.99. The van der Waals surface area contributed by atoms with Gasteiger partial charge in [-0.1, -0.05) is 19.1 Å². The van der Waals surface area contributed by atoms with Crippen molar-refractivity contribution in [3.05, 3.63) is 83.4 Å². The Kier molecular flexibility index (Phi) is 9.09. The van der Waals surface area contributed by atoms with Gasteiger partial charge >= 0.3 is 0 Å². The van der Waals surface area contributed by atoms with Crippen molar-refractivity contribution in [2.45, 2.75) is 31.9 Å². The summed E-state index contributed by atoms with van der Waals surface area (Å²) in [5.74, 6) is -0.473. The van der Waals surface area contributed by atoms with E-state index in [9.17, 15) is 18.4 Å². The lowest BCUT2D eigenvalue weighted by Gasteiger charge is -2.41. The monoisotopic (exact) mass is 603 g/mol. The molecule has 44 heavy (non-hydrogen) atoms. The number of rotatable bonds is 7. The van der Waals surface area contributed by atoms with Gasteiger partial charge in [-0.3, -0.25) is 9.59 Å². The van der Waals surface area contributed by atoms with Crippen LogP contribution in [0.15, 0.2) is 60.7 Å². The molecule has 3 saturated heterocycles. The Labute approximate surface area is 257 Å². The van der Waals surface area contributed by atoms with E-state index in [1.165, 1.54) is 24.3 Å². The predicted molar refractivity (Wildman–Crippen MR) is 166 cm³/mol. The number of nitrogens with one attached hydrogen (secondary N) is 2. The molecule has 0 aliphatic carbocycles. The molecule has 3 aliphatic heterocycles. The highest BCUT2D eigenvalue weighted by Crippen LogP contribution is 2.34. The van der Waals surface area contributed by atoms with Gasteiger partial charge in [0.15, 0.2) is 0 Å². The minimum Gasteiger partial charge on any atom is -0.488 e. The summed E-state index contributed by atoms with van der Waals surface area (Å²) in [6.07, 6.45) is 1.57. The molecule has 8 nitrogen and oxygen atoms in total. The van der Waals surface area contributed by atoms with Crippen LogP contribution in [0.3, 0.4) is 0 Å². The number of hydrogen-bond acceptors (Lipinski definition) is 6. The first-order valence-corrected chi connectivity index (χ1v) is 15.5. The average Bonchev–Trinajstić information content (AvgIpc) is 3.57. The van der Waals surface area contributed by atoms with Crippen LogP contribution in [-0.2, 0) is 0 Å². The standard InChI is InChI=1S/C34H39F2N5O3/c1-2-28-22-40(33(42)25-17-27(36)20-29(18-25)39-13-11-37-12-14-39)15-16-41(28)34(43)24-5-8-32(44-30-9-10-38-21-30)31(19-24)23-3-6-26(35)7-4-23/h3-8,17-20,28,30,37-38H,2,9-16,21-22H2,1H3/t28-,30-/m0/s1. The highest BCUT2D eigenvalue weighted by molar-refractivity contribution is 5.98. The maximum Gasteiger partial charge on any atom is 0.254 e. The minimum atomic E-state index is -0.432. The third-order valence-corrected chi connectivity index (χ3v) is 8.80. The minimum absolute atomic E-state index is 0.0249. The summed E-state index contributed by atoms with van der Waals surface area (Å²) >= 11 is 0. The summed E-state index contributed by atoms with van der Waals surface area (Å²) in [4.78, 5) is 33.1. The first-order chi connectivity index (χ1) is 21.4. The van der Waals surface area contributed by atoms with E-state index in [0.717, 1.165) is 56.8 Å². The van der Waals surface area contributed by atoms with Crippen molar-refractivity contribution in [1.82, 2.24) is 20.4 Å². The molecule has 0 aromatic heterocycles. The number of carbonyl (C=O) groups is 2. The fraction of sp³-hybridized carbons (Fsp3) is 0.412. The zero-order chi connectivity index (χ0) is 30.6. The Morgan fingerprint density at radius 1 is 0.841 bits per heavy atom. The van der Waals surface area contributed by atoms with Gasteiger partial charge < -0.3 is 30.1 Å². The number of halogens is 2. The molecular formula is C34H39F2N5O3. The molecule has 0 unspecified atom stereocenters. The summed E-state index contributed by atoms with van der Waals surface area (Å²) in [7, 11) is 0. The van der Waals surface area contributed by atoms with Crippen LogP contribution in [0.5, 0.6) is 5.75 Å². The van der Waals surface area contributed by atoms with Crippen LogP contribution in [0.2, 0.25) is 0 Å². The quantitative estimate of drug-likeness (QED) is 0.423. The number of benzene rings is 3. The lowest BCUT2D eigenvalue weighted by molar-refractivity contribution is 0.0380. The van der Waals surface area contributed by atoms with E-state index in [2.05, 4.69) is 15.5 Å². The van der Waals surface area contributed by atoms with E-state index in [1.807, 2.05) is 24.0 Å². The Bertz CT molecular complexity index is 1490. The largest absolute Gasteiger partial charge is 0.488 e. The zero-order valence-electron chi connectivity index (χ0n) is 25.0. The van der Waals surface area contributed by atoms with Crippen molar-refractivity contribution in [2.75, 3.05) is 63.8 Å². The molecule has 2 amide bonds. The second-order valence-electron chi connectivity index (χ2n) is 11.7. The van der Waals surface area contributed by atoms with Crippen LogP contribution in [-0.4, -0.2) is 92.7 Å². The van der Waals surface area contributed by atoms with Gasteiger partial charge in [0.05, 0.1) is 0 Å². The van der Waals surface area contributed by atoms with Crippen LogP contribution < -0.4 is 20.3 Å². The van der Waals surface area contributed by atoms with Gasteiger partial charge in [-0.15, -0.1) is 0 Å². The second kappa shape index (κ2) is 13.3. The summed E-state index contributed by atoms with van der Waals surface area (Å²) in [6.45, 7) is 7.84. The number of hydrogen-bond donors (Lipinski definition) is 2. The van der Waals surface area contributed by atoms with Crippen molar-refractivity contribution < 1.29 is 23.1 Å². The molecular weight excluding hydrogens is 564 g/mol. The van der Waals surface area contributed by atoms with Gasteiger partial charge in [-0.2, -0.15) is 0 Å². The fourth-order valence-corrected chi connectivity index (χ4v) is 6.34. The maximum atomic E-state index is 14.6. The normalized spacial score (nSPS) is 20.6. The van der Waals surface area contributed by atoms with E-state index in [-0.39, 0.29) is 29.8 Å². The third kappa shape index (κ3) is 6.56. The number of anilines is 1. The fourth-order valence-electron chi connectivity index (χ4n) is 6.34. The van der Waals surface area contributed by atoms with Crippen LogP contribution in [0.4, 0.5) is 14.5 Å². The SMILES string of the molecule is CC[C@H]1CN(C(=O)c2cc(F)cc(N3CCNCC3)c2)CCN1C(=O)c1ccc(O[C@H]2CCNC2)c(-c2ccc(F)cc2)c1. The Morgan fingerprint density at radius 2 is 1.64 bits per heavy atom. The molecule has 3 heterocycles. The highest BCUT2D eigenvalue weighted by atomic mass is 19.1. The Balaban J connectivity index is 1.20. The molecule has 3 aromatic carbocycles. The summed E-state index contributed by atoms with van der Waals surface area (Å²) < 4.78 is 34.7. The first-order valence-electron chi connectivity index (χ1n) is 15.5. The first kappa shape index (κ1) is 30.0. The maximum absolute atomic E-state index is 14.6. The molecule has 3 fully saturated rings. The molecule has 0 radical (unpaired) electrons. The van der Waals surface area contributed by atoms with E-state index < -0.39 is 5.82 Å². The van der Waals surface area contributed by atoms with Crippen molar-refractivity contribution in [3.63, 3.8) is 0 Å². The molecule has 0 saturated carbocycles. The second-order valence-corrected chi connectivity index (χ2v) is 11.7. The van der Waals surface area contributed by atoms with Gasteiger partial charge in [0.2, 0.25) is 0 Å². The van der Waals surface area contributed by atoms with Crippen molar-refractivity contribution in [1.29, 1.82) is 0 Å². The van der Waals surface area contributed by atoms with Gasteiger partial charge in [0.25, 0.3) is 11.8 Å². The number of amides is 2. The molecule has 2 atom stereocenters. The summed E-state index contributed by atoms with van der Waals surface area (Å²) in [6, 6.07) is 16.0. The van der Waals surface area contributed by atoms with E-state index in [0.29, 0.717) is 48.6 Å². The molecule has 2 N–H and O–H groups in total. The molecule has 0 spiro atoms. The van der Waals surface area contributed by atoms with Gasteiger partial charge in [0.1, 0.15) is 23.5 Å². The zero-order valence-corrected chi connectivity index (χ0v) is 25.0. The number of carbonyl (C=O) groups excluding carboxylic acids is 2. The van der Waals surface area contributed by atoms with E-state index in [1.54, 1.807) is 29.2 Å². The molecule has 3 aliphatic rings. The van der Waals surface area contributed by atoms with Gasteiger partial charge in [-0.05, 0) is 73.5 Å².